The highest BCUT2D eigenvalue weighted by Crippen LogP contribution is 2.35. The lowest BCUT2D eigenvalue weighted by atomic mass is 9.78. The molecule has 3 N–H and O–H groups in total. The number of carbonyl (C=O) groups excluding carboxylic acids is 3. The van der Waals surface area contributed by atoms with Gasteiger partial charge in [-0.15, -0.1) is 0 Å². The third-order valence-corrected chi connectivity index (χ3v) is 11.0. The molecule has 0 radical (unpaired) electrons. The summed E-state index contributed by atoms with van der Waals surface area (Å²) in [4.78, 5) is 36.4. The highest BCUT2D eigenvalue weighted by Gasteiger charge is 2.24. The van der Waals surface area contributed by atoms with Crippen molar-refractivity contribution in [1.29, 1.82) is 0 Å². The molecule has 0 aliphatic rings. The molecule has 0 aliphatic carbocycles. The molecule has 0 aromatic heterocycles. The largest absolute Gasteiger partial charge is 0.490 e. The Morgan fingerprint density at radius 1 is 0.629 bits per heavy atom. The highest BCUT2D eigenvalue weighted by atomic mass is 16.6. The van der Waals surface area contributed by atoms with Crippen LogP contribution in [-0.4, -0.2) is 105 Å². The molecule has 0 fully saturated rings. The fourth-order valence-electron chi connectivity index (χ4n) is 7.23. The molecule has 14 nitrogen and oxygen atoms in total. The van der Waals surface area contributed by atoms with E-state index in [1.165, 1.54) is 6.08 Å². The first kappa shape index (κ1) is 55.9. The van der Waals surface area contributed by atoms with Crippen LogP contribution in [-0.2, 0) is 51.6 Å². The van der Waals surface area contributed by atoms with Gasteiger partial charge in [0.1, 0.15) is 81.5 Å². The molecule has 3 atom stereocenters. The number of allylic oxidation sites excluding steroid dienone is 1. The number of aryl methyl sites for hydroxylation is 3. The van der Waals surface area contributed by atoms with Crippen LogP contribution in [0.15, 0.2) is 122 Å². The van der Waals surface area contributed by atoms with Crippen molar-refractivity contribution in [1.82, 2.24) is 0 Å². The van der Waals surface area contributed by atoms with Crippen LogP contribution in [0.2, 0.25) is 0 Å². The lowest BCUT2D eigenvalue weighted by molar-refractivity contribution is -0.141. The number of aliphatic hydroxyl groups excluding tert-OH is 3. The molecular weight excluding hydrogens is 897 g/mol. The van der Waals surface area contributed by atoms with Gasteiger partial charge in [-0.3, -0.25) is 0 Å². The number of aliphatic hydroxyl groups is 3. The van der Waals surface area contributed by atoms with Gasteiger partial charge >= 0.3 is 17.9 Å². The van der Waals surface area contributed by atoms with Gasteiger partial charge in [0, 0.05) is 29.1 Å². The van der Waals surface area contributed by atoms with E-state index in [4.69, 9.17) is 37.9 Å². The van der Waals surface area contributed by atoms with E-state index < -0.39 is 36.4 Å². The summed E-state index contributed by atoms with van der Waals surface area (Å²) in [6, 6.07) is 23.4. The van der Waals surface area contributed by atoms with Gasteiger partial charge in [-0.25, -0.2) is 14.4 Å². The molecule has 0 aliphatic heterocycles. The van der Waals surface area contributed by atoms with E-state index >= 15 is 0 Å². The Bertz CT molecular complexity index is 2430. The molecule has 4 aromatic rings. The van der Waals surface area contributed by atoms with Crippen LogP contribution in [0.5, 0.6) is 23.0 Å². The van der Waals surface area contributed by atoms with Gasteiger partial charge < -0.3 is 53.2 Å². The van der Waals surface area contributed by atoms with Crippen LogP contribution in [0.25, 0.3) is 0 Å². The molecule has 376 valence electrons. The third kappa shape index (κ3) is 17.7. The Balaban J connectivity index is 1.41. The van der Waals surface area contributed by atoms with Crippen molar-refractivity contribution in [3.63, 3.8) is 0 Å². The van der Waals surface area contributed by atoms with Gasteiger partial charge in [-0.05, 0) is 105 Å². The zero-order valence-electron chi connectivity index (χ0n) is 41.4. The summed E-state index contributed by atoms with van der Waals surface area (Å²) >= 11 is 0. The smallest absolute Gasteiger partial charge is 0.333 e. The summed E-state index contributed by atoms with van der Waals surface area (Å²) in [6.45, 7) is 23.5. The predicted molar refractivity (Wildman–Crippen MR) is 266 cm³/mol. The molecule has 0 heterocycles. The second-order valence-corrected chi connectivity index (χ2v) is 17.4. The monoisotopic (exact) mass is 964 g/mol. The second-order valence-electron chi connectivity index (χ2n) is 17.4. The Hall–Kier alpha value is -6.71. The second kappa shape index (κ2) is 27.5. The standard InChI is InChI=1S/C56H68O14/c1-11-50(59)67-32-46(57)34-69-52-40(8)27-37(5)29-42(52)31-43-30-38(6)28-41(53(43)70-35-47(58)33-68-51(60)12-2)14-13-39(7)55(62)66-26-24-64-49-21-17-45(18-22-49)56(9,10)44-15-19-48(20-16-44)63-23-25-65-54(61)36(3)4/h11-13,15-22,27-30,46-47,50,57-59H,1-3,14,23-26,31-35H2,4-10H3/b39-13+. The molecule has 4 aromatic carbocycles. The van der Waals surface area contributed by atoms with Crippen molar-refractivity contribution in [3.05, 3.63) is 166 Å². The number of carbonyl (C=O) groups is 3. The Morgan fingerprint density at radius 2 is 1.13 bits per heavy atom. The summed E-state index contributed by atoms with van der Waals surface area (Å²) in [7, 11) is 0. The van der Waals surface area contributed by atoms with E-state index in [2.05, 4.69) is 33.6 Å². The van der Waals surface area contributed by atoms with Gasteiger partial charge in [-0.2, -0.15) is 0 Å². The number of hydrogen-bond acceptors (Lipinski definition) is 14. The predicted octanol–water partition coefficient (Wildman–Crippen LogP) is 7.87. The SMILES string of the molecule is C=CC(=O)OCC(O)COc1c(C/C=C(\C)C(=O)OCCOc2ccc(C(C)(C)c3ccc(OCCOC(=O)C(=C)C)cc3)cc2)cc(C)cc1Cc1cc(C)cc(C)c1OCC(O)COC(O)C=C. The van der Waals surface area contributed by atoms with Gasteiger partial charge in [0.25, 0.3) is 0 Å². The zero-order chi connectivity index (χ0) is 51.4. The molecule has 3 unspecified atom stereocenters. The van der Waals surface area contributed by atoms with Gasteiger partial charge in [-0.1, -0.05) is 99.3 Å². The lowest BCUT2D eigenvalue weighted by Gasteiger charge is -2.26. The van der Waals surface area contributed by atoms with Crippen LogP contribution in [0, 0.1) is 20.8 Å². The molecule has 0 saturated heterocycles. The molecule has 14 heteroatoms. The van der Waals surface area contributed by atoms with Gasteiger partial charge in [0.15, 0.2) is 6.29 Å². The van der Waals surface area contributed by atoms with Gasteiger partial charge in [0.05, 0.1) is 6.61 Å². The van der Waals surface area contributed by atoms with Crippen molar-refractivity contribution in [3.8, 4) is 23.0 Å². The summed E-state index contributed by atoms with van der Waals surface area (Å²) in [5.74, 6) is 0.684. The third-order valence-electron chi connectivity index (χ3n) is 11.0. The minimum atomic E-state index is -1.21. The maximum absolute atomic E-state index is 13.2. The van der Waals surface area contributed by atoms with Crippen molar-refractivity contribution in [2.24, 2.45) is 0 Å². The topological polar surface area (TPSA) is 186 Å². The minimum absolute atomic E-state index is 0.0143. The summed E-state index contributed by atoms with van der Waals surface area (Å²) < 4.78 is 44.9. The van der Waals surface area contributed by atoms with E-state index in [9.17, 15) is 29.7 Å². The average Bonchev–Trinajstić information content (AvgIpc) is 3.33. The van der Waals surface area contributed by atoms with E-state index in [1.54, 1.807) is 19.9 Å². The summed E-state index contributed by atoms with van der Waals surface area (Å²) in [5.41, 5.74) is 7.56. The molecule has 0 spiro atoms. The van der Waals surface area contributed by atoms with Crippen molar-refractivity contribution in [2.45, 2.75) is 85.2 Å². The van der Waals surface area contributed by atoms with Crippen molar-refractivity contribution < 1.29 is 67.6 Å². The van der Waals surface area contributed by atoms with Crippen molar-refractivity contribution in [2.75, 3.05) is 52.9 Å². The zero-order valence-corrected chi connectivity index (χ0v) is 41.4. The highest BCUT2D eigenvalue weighted by molar-refractivity contribution is 5.88. The number of ether oxygens (including phenoxy) is 8. The molecule has 0 bridgehead atoms. The fraction of sp³-hybridized carbons (Fsp3) is 0.375. The van der Waals surface area contributed by atoms with Gasteiger partial charge in [0.2, 0.25) is 0 Å². The van der Waals surface area contributed by atoms with Crippen molar-refractivity contribution >= 4 is 17.9 Å². The minimum Gasteiger partial charge on any atom is -0.490 e. The van der Waals surface area contributed by atoms with Crippen LogP contribution >= 0.6 is 0 Å². The van der Waals surface area contributed by atoms with E-state index in [0.29, 0.717) is 40.6 Å². The fourth-order valence-corrected chi connectivity index (χ4v) is 7.23. The number of benzene rings is 4. The molecule has 0 saturated carbocycles. The molecule has 4 rings (SSSR count). The Labute approximate surface area is 411 Å². The first-order valence-corrected chi connectivity index (χ1v) is 23.0. The maximum Gasteiger partial charge on any atom is 0.333 e. The van der Waals surface area contributed by atoms with E-state index in [0.717, 1.165) is 50.6 Å². The summed E-state index contributed by atoms with van der Waals surface area (Å²) in [5, 5.41) is 30.9. The van der Waals surface area contributed by atoms with Crippen LogP contribution in [0.3, 0.4) is 0 Å². The van der Waals surface area contributed by atoms with Crippen LogP contribution in [0.4, 0.5) is 0 Å². The maximum atomic E-state index is 13.2. The molecular formula is C56H68O14. The van der Waals surface area contributed by atoms with Crippen LogP contribution in [0.1, 0.15) is 72.2 Å². The normalized spacial score (nSPS) is 12.7. The summed E-state index contributed by atoms with van der Waals surface area (Å²) in [6.07, 6.45) is 1.18. The van der Waals surface area contributed by atoms with E-state index in [-0.39, 0.29) is 64.7 Å². The molecule has 70 heavy (non-hydrogen) atoms. The lowest BCUT2D eigenvalue weighted by Crippen LogP contribution is -2.26. The van der Waals surface area contributed by atoms with E-state index in [1.807, 2.05) is 93.6 Å². The first-order chi connectivity index (χ1) is 33.3. The average molecular weight is 965 g/mol. The number of rotatable bonds is 29. The first-order valence-electron chi connectivity index (χ1n) is 23.0. The quantitative estimate of drug-likeness (QED) is 0.0119. The van der Waals surface area contributed by atoms with Crippen LogP contribution < -0.4 is 18.9 Å². The Kier molecular flexibility index (Phi) is 21.9. The number of esters is 3. The Morgan fingerprint density at radius 3 is 1.67 bits per heavy atom. The molecule has 0 amide bonds. The number of hydrogen-bond donors (Lipinski definition) is 3.